The maximum absolute atomic E-state index is 5.02. The van der Waals surface area contributed by atoms with Crippen molar-refractivity contribution >= 4 is 56.2 Å². The van der Waals surface area contributed by atoms with Gasteiger partial charge in [0.15, 0.2) is 0 Å². The third-order valence-corrected chi connectivity index (χ3v) is 13.9. The van der Waals surface area contributed by atoms with Crippen molar-refractivity contribution < 1.29 is 0 Å². The zero-order valence-electron chi connectivity index (χ0n) is 45.4. The molecule has 0 amide bonds. The van der Waals surface area contributed by atoms with Gasteiger partial charge in [-0.05, 0) is 155 Å². The third kappa shape index (κ3) is 13.4. The Balaban J connectivity index is 0.000000182. The van der Waals surface area contributed by atoms with Crippen molar-refractivity contribution in [3.8, 4) is 0 Å². The lowest BCUT2D eigenvalue weighted by atomic mass is 9.98. The van der Waals surface area contributed by atoms with E-state index in [-0.39, 0.29) is 11.1 Å². The van der Waals surface area contributed by atoms with E-state index in [4.69, 9.17) is 9.97 Å². The zero-order chi connectivity index (χ0) is 52.0. The van der Waals surface area contributed by atoms with E-state index in [2.05, 4.69) is 203 Å². The molecule has 4 N–H and O–H groups in total. The summed E-state index contributed by atoms with van der Waals surface area (Å²) in [4.78, 5) is 33.0. The molecule has 4 aromatic carbocycles. The lowest BCUT2D eigenvalue weighted by Gasteiger charge is -2.38. The Morgan fingerprint density at radius 1 is 0.459 bits per heavy atom. The fraction of sp³-hybridized carbons (Fsp3) is 0.387. The van der Waals surface area contributed by atoms with Crippen LogP contribution >= 0.6 is 0 Å². The fourth-order valence-corrected chi connectivity index (χ4v) is 10.6. The summed E-state index contributed by atoms with van der Waals surface area (Å²) < 4.78 is 0. The number of benzene rings is 4. The number of piperidine rings is 2. The molecule has 12 heteroatoms. The summed E-state index contributed by atoms with van der Waals surface area (Å²) in [5, 5.41) is 17.2. The summed E-state index contributed by atoms with van der Waals surface area (Å²) in [5.41, 5.74) is 13.7. The number of nitrogens with zero attached hydrogens (tertiary/aromatic N) is 8. The van der Waals surface area contributed by atoms with Crippen LogP contribution in [0.3, 0.4) is 0 Å². The molecule has 0 aliphatic carbocycles. The summed E-state index contributed by atoms with van der Waals surface area (Å²) >= 11 is 0. The molecule has 10 rings (SSSR count). The molecule has 4 aromatic heterocycles. The van der Waals surface area contributed by atoms with Crippen LogP contribution in [-0.2, 0) is 12.8 Å². The number of aromatic nitrogens is 6. The lowest BCUT2D eigenvalue weighted by Crippen LogP contribution is -2.49. The quantitative estimate of drug-likeness (QED) is 0.0929. The van der Waals surface area contributed by atoms with E-state index in [0.29, 0.717) is 12.1 Å². The fourth-order valence-electron chi connectivity index (χ4n) is 10.6. The number of aryl methyl sites for hydroxylation is 2. The molecular formula is C62H76N12. The van der Waals surface area contributed by atoms with Gasteiger partial charge in [-0.3, -0.25) is 0 Å². The van der Waals surface area contributed by atoms with Gasteiger partial charge in [-0.1, -0.05) is 60.7 Å². The van der Waals surface area contributed by atoms with Crippen LogP contribution in [0.25, 0.3) is 21.8 Å². The van der Waals surface area contributed by atoms with Crippen LogP contribution in [0.5, 0.6) is 0 Å². The largest absolute Gasteiger partial charge is 0.371 e. The zero-order valence-corrected chi connectivity index (χ0v) is 45.4. The van der Waals surface area contributed by atoms with Gasteiger partial charge in [0, 0.05) is 119 Å². The second kappa shape index (κ2) is 22.6. The lowest BCUT2D eigenvalue weighted by molar-refractivity contribution is 0.317. The Morgan fingerprint density at radius 2 is 0.824 bits per heavy atom. The van der Waals surface area contributed by atoms with Gasteiger partial charge < -0.3 is 31.1 Å². The second-order valence-electron chi connectivity index (χ2n) is 22.4. The molecule has 0 atom stereocenters. The van der Waals surface area contributed by atoms with Crippen LogP contribution in [0.1, 0.15) is 113 Å². The van der Waals surface area contributed by atoms with Crippen LogP contribution in [0.15, 0.2) is 122 Å². The molecule has 0 radical (unpaired) electrons. The van der Waals surface area contributed by atoms with Crippen molar-refractivity contribution in [1.82, 2.24) is 40.5 Å². The Hall–Kier alpha value is -7.02. The molecule has 2 saturated heterocycles. The average Bonchev–Trinajstić information content (AvgIpc) is 3.36. The minimum Gasteiger partial charge on any atom is -0.371 e. The van der Waals surface area contributed by atoms with E-state index < -0.39 is 0 Å². The Morgan fingerprint density at radius 3 is 1.18 bits per heavy atom. The van der Waals surface area contributed by atoms with E-state index in [1.54, 1.807) is 0 Å². The summed E-state index contributed by atoms with van der Waals surface area (Å²) in [5.74, 6) is 3.52. The first-order valence-corrected chi connectivity index (χ1v) is 26.6. The van der Waals surface area contributed by atoms with Crippen molar-refractivity contribution in [2.75, 3.05) is 46.6 Å². The first-order chi connectivity index (χ1) is 35.5. The number of para-hydroxylation sites is 2. The minimum atomic E-state index is 0.145. The molecule has 6 heterocycles. The van der Waals surface area contributed by atoms with Crippen LogP contribution in [-0.4, -0.2) is 79.2 Å². The molecule has 2 aliphatic rings. The van der Waals surface area contributed by atoms with Gasteiger partial charge in [-0.2, -0.15) is 0 Å². The van der Waals surface area contributed by atoms with Crippen LogP contribution in [0.4, 0.5) is 34.4 Å². The highest BCUT2D eigenvalue weighted by Gasteiger charge is 2.28. The molecule has 0 unspecified atom stereocenters. The monoisotopic (exact) mass is 989 g/mol. The van der Waals surface area contributed by atoms with Crippen molar-refractivity contribution in [1.29, 1.82) is 0 Å². The van der Waals surface area contributed by atoms with Crippen molar-refractivity contribution in [3.05, 3.63) is 167 Å². The summed E-state index contributed by atoms with van der Waals surface area (Å²) in [6.07, 6.45) is 9.65. The number of hydrogen-bond acceptors (Lipinski definition) is 12. The average molecular weight is 989 g/mol. The maximum atomic E-state index is 5.02. The first kappa shape index (κ1) is 51.9. The number of fused-ring (bicyclic) bond motifs is 2. The standard InChI is InChI=1S/2C31H38N6/c2*1-21-14-17-32-28(33-21)20-23-10-12-24(13-11-23)34-30-22(2)29(26-8-6-7-9-27(26)35-30)37-18-15-25(16-19-37)36-31(3,4)5/h2*6-14,17,25,36H,15-16,18-20H2,1-5H3,(H,34,35). The van der Waals surface area contributed by atoms with E-state index in [1.807, 2.05) is 38.4 Å². The van der Waals surface area contributed by atoms with Crippen LogP contribution in [0.2, 0.25) is 0 Å². The van der Waals surface area contributed by atoms with Gasteiger partial charge >= 0.3 is 0 Å². The molecule has 8 aromatic rings. The number of anilines is 6. The SMILES string of the molecule is Cc1ccnc(Cc2ccc(Nc3nc4ccccc4c(N4CCC(NC(C)(C)C)CC4)c3C)cc2)n1.Cc1ccnc(Cc2ccc(Nc3nc4ccccc4c(N4CCC(NC(C)(C)C)CC4)c3C)cc2)n1. The van der Waals surface area contributed by atoms with Crippen LogP contribution < -0.4 is 31.1 Å². The number of rotatable bonds is 12. The van der Waals surface area contributed by atoms with E-state index in [9.17, 15) is 0 Å². The summed E-state index contributed by atoms with van der Waals surface area (Å²) in [6.45, 7) is 26.0. The van der Waals surface area contributed by atoms with Gasteiger partial charge in [0.05, 0.1) is 22.4 Å². The highest BCUT2D eigenvalue weighted by molar-refractivity contribution is 5.97. The second-order valence-corrected chi connectivity index (χ2v) is 22.4. The van der Waals surface area contributed by atoms with Crippen molar-refractivity contribution in [2.45, 2.75) is 131 Å². The molecule has 0 spiro atoms. The number of pyridine rings is 2. The molecule has 384 valence electrons. The predicted molar refractivity (Wildman–Crippen MR) is 308 cm³/mol. The third-order valence-electron chi connectivity index (χ3n) is 13.9. The minimum absolute atomic E-state index is 0.145. The maximum Gasteiger partial charge on any atom is 0.136 e. The predicted octanol–water partition coefficient (Wildman–Crippen LogP) is 12.7. The molecule has 0 bridgehead atoms. The van der Waals surface area contributed by atoms with E-state index in [1.165, 1.54) is 44.4 Å². The molecule has 12 nitrogen and oxygen atoms in total. The van der Waals surface area contributed by atoms with Gasteiger partial charge in [-0.15, -0.1) is 0 Å². The first-order valence-electron chi connectivity index (χ1n) is 26.6. The molecule has 2 fully saturated rings. The topological polar surface area (TPSA) is 132 Å². The molecular weight excluding hydrogens is 913 g/mol. The summed E-state index contributed by atoms with van der Waals surface area (Å²) in [6, 6.07) is 39.0. The Kier molecular flexibility index (Phi) is 15.9. The van der Waals surface area contributed by atoms with E-state index in [0.717, 1.165) is 122 Å². The van der Waals surface area contributed by atoms with Gasteiger partial charge in [-0.25, -0.2) is 29.9 Å². The number of hydrogen-bond donors (Lipinski definition) is 4. The van der Waals surface area contributed by atoms with E-state index >= 15 is 0 Å². The molecule has 0 saturated carbocycles. The normalized spacial score (nSPS) is 14.8. The van der Waals surface area contributed by atoms with Crippen molar-refractivity contribution in [2.24, 2.45) is 0 Å². The van der Waals surface area contributed by atoms with Gasteiger partial charge in [0.25, 0.3) is 0 Å². The highest BCUT2D eigenvalue weighted by atomic mass is 15.2. The highest BCUT2D eigenvalue weighted by Crippen LogP contribution is 2.38. The van der Waals surface area contributed by atoms with Crippen LogP contribution in [0, 0.1) is 27.7 Å². The van der Waals surface area contributed by atoms with Gasteiger partial charge in [0.1, 0.15) is 23.3 Å². The number of nitrogens with one attached hydrogen (secondary N) is 4. The Bertz CT molecular complexity index is 2940. The van der Waals surface area contributed by atoms with Gasteiger partial charge in [0.2, 0.25) is 0 Å². The smallest absolute Gasteiger partial charge is 0.136 e. The summed E-state index contributed by atoms with van der Waals surface area (Å²) in [7, 11) is 0. The molecule has 74 heavy (non-hydrogen) atoms. The molecule has 2 aliphatic heterocycles. The van der Waals surface area contributed by atoms with Crippen molar-refractivity contribution in [3.63, 3.8) is 0 Å². The Labute approximate surface area is 439 Å².